The van der Waals surface area contributed by atoms with Gasteiger partial charge in [-0.15, -0.1) is 0 Å². The number of pyridine rings is 1. The van der Waals surface area contributed by atoms with Crippen molar-refractivity contribution in [2.24, 2.45) is 0 Å². The molecule has 5 heteroatoms. The lowest BCUT2D eigenvalue weighted by Crippen LogP contribution is -2.26. The molecular formula is C16H16ClN3O. The van der Waals surface area contributed by atoms with Crippen molar-refractivity contribution in [3.05, 3.63) is 58.7 Å². The minimum atomic E-state index is -0.112. The third-order valence-corrected chi connectivity index (χ3v) is 3.84. The van der Waals surface area contributed by atoms with Crippen LogP contribution in [-0.2, 0) is 0 Å². The third kappa shape index (κ3) is 3.16. The number of hydrogen-bond acceptors (Lipinski definition) is 3. The number of carbonyl (C=O) groups is 1. The molecule has 2 unspecified atom stereocenters. The number of hydrogen-bond donors (Lipinski definition) is 2. The number of rotatable bonds is 4. The highest BCUT2D eigenvalue weighted by molar-refractivity contribution is 6.29. The van der Waals surface area contributed by atoms with Crippen LogP contribution in [0.3, 0.4) is 0 Å². The lowest BCUT2D eigenvalue weighted by molar-refractivity contribution is 0.0950. The van der Waals surface area contributed by atoms with E-state index in [1.165, 1.54) is 5.56 Å². The summed E-state index contributed by atoms with van der Waals surface area (Å²) >= 11 is 5.92. The van der Waals surface area contributed by atoms with Crippen LogP contribution in [0.2, 0.25) is 5.15 Å². The summed E-state index contributed by atoms with van der Waals surface area (Å²) in [5.41, 5.74) is 1.80. The molecule has 0 spiro atoms. The molecule has 2 atom stereocenters. The first-order chi connectivity index (χ1) is 10.2. The van der Waals surface area contributed by atoms with Crippen LogP contribution in [0.5, 0.6) is 0 Å². The molecule has 1 saturated carbocycles. The molecule has 3 rings (SSSR count). The van der Waals surface area contributed by atoms with Crippen molar-refractivity contribution in [2.45, 2.75) is 18.4 Å². The van der Waals surface area contributed by atoms with Gasteiger partial charge < -0.3 is 10.6 Å². The average molecular weight is 302 g/mol. The van der Waals surface area contributed by atoms with Crippen LogP contribution < -0.4 is 10.6 Å². The molecule has 0 radical (unpaired) electrons. The zero-order valence-electron chi connectivity index (χ0n) is 11.6. The summed E-state index contributed by atoms with van der Waals surface area (Å²) in [5, 5.41) is 6.24. The summed E-state index contributed by atoms with van der Waals surface area (Å²) in [7, 11) is 1.74. The molecule has 2 N–H and O–H groups in total. The topological polar surface area (TPSA) is 54.0 Å². The first-order valence-electron chi connectivity index (χ1n) is 6.88. The van der Waals surface area contributed by atoms with E-state index < -0.39 is 0 Å². The highest BCUT2D eigenvalue weighted by atomic mass is 35.5. The Bertz CT molecular complexity index is 660. The van der Waals surface area contributed by atoms with E-state index in [2.05, 4.69) is 27.8 Å². The number of benzene rings is 1. The first kappa shape index (κ1) is 13.9. The fraction of sp³-hybridized carbons (Fsp3) is 0.250. The highest BCUT2D eigenvalue weighted by Crippen LogP contribution is 2.40. The van der Waals surface area contributed by atoms with Gasteiger partial charge in [-0.05, 0) is 24.1 Å². The zero-order chi connectivity index (χ0) is 14.8. The van der Waals surface area contributed by atoms with Gasteiger partial charge in [-0.1, -0.05) is 41.9 Å². The number of aromatic nitrogens is 1. The largest absolute Gasteiger partial charge is 0.373 e. The molecule has 1 heterocycles. The summed E-state index contributed by atoms with van der Waals surface area (Å²) in [4.78, 5) is 16.3. The van der Waals surface area contributed by atoms with Gasteiger partial charge in [0.25, 0.3) is 5.91 Å². The van der Waals surface area contributed by atoms with Crippen molar-refractivity contribution < 1.29 is 4.79 Å². The zero-order valence-corrected chi connectivity index (χ0v) is 12.4. The van der Waals surface area contributed by atoms with E-state index >= 15 is 0 Å². The normalized spacial score (nSPS) is 19.9. The Kier molecular flexibility index (Phi) is 3.80. The smallest absolute Gasteiger partial charge is 0.251 e. The molecule has 4 nitrogen and oxygen atoms in total. The number of anilines is 1. The standard InChI is InChI=1S/C16H16ClN3O/c1-18-15-8-11(7-14(17)20-15)16(21)19-13-9-12(13)10-5-3-2-4-6-10/h2-8,12-13H,9H2,1H3,(H,18,20)(H,19,21). The van der Waals surface area contributed by atoms with Crippen LogP contribution >= 0.6 is 11.6 Å². The Balaban J connectivity index is 1.67. The van der Waals surface area contributed by atoms with Gasteiger partial charge in [0, 0.05) is 24.6 Å². The number of nitrogens with one attached hydrogen (secondary N) is 2. The Morgan fingerprint density at radius 2 is 2.05 bits per heavy atom. The lowest BCUT2D eigenvalue weighted by Gasteiger charge is -2.07. The maximum Gasteiger partial charge on any atom is 0.251 e. The Morgan fingerprint density at radius 3 is 2.76 bits per heavy atom. The van der Waals surface area contributed by atoms with E-state index in [0.717, 1.165) is 6.42 Å². The fourth-order valence-electron chi connectivity index (χ4n) is 2.43. The van der Waals surface area contributed by atoms with E-state index in [9.17, 15) is 4.79 Å². The van der Waals surface area contributed by atoms with Crippen LogP contribution in [0.25, 0.3) is 0 Å². The maximum atomic E-state index is 12.3. The number of carbonyl (C=O) groups excluding carboxylic acids is 1. The number of nitrogens with zero attached hydrogens (tertiary/aromatic N) is 1. The van der Waals surface area contributed by atoms with Gasteiger partial charge in [0.2, 0.25) is 0 Å². The van der Waals surface area contributed by atoms with Crippen LogP contribution in [0.1, 0.15) is 28.3 Å². The molecule has 1 aliphatic carbocycles. The Labute approximate surface area is 128 Å². The number of halogens is 1. The van der Waals surface area contributed by atoms with Gasteiger partial charge in [0.15, 0.2) is 0 Å². The van der Waals surface area contributed by atoms with E-state index in [-0.39, 0.29) is 11.9 Å². The van der Waals surface area contributed by atoms with Crippen molar-refractivity contribution >= 4 is 23.3 Å². The SMILES string of the molecule is CNc1cc(C(=O)NC2CC2c2ccccc2)cc(Cl)n1. The van der Waals surface area contributed by atoms with Crippen molar-refractivity contribution in [1.29, 1.82) is 0 Å². The molecule has 1 fully saturated rings. The predicted octanol–water partition coefficient (Wildman–Crippen LogP) is 3.06. The average Bonchev–Trinajstić information content (AvgIpc) is 3.26. The van der Waals surface area contributed by atoms with Crippen molar-refractivity contribution in [1.82, 2.24) is 10.3 Å². The van der Waals surface area contributed by atoms with Crippen LogP contribution in [0.4, 0.5) is 5.82 Å². The fourth-order valence-corrected chi connectivity index (χ4v) is 2.64. The number of amides is 1. The summed E-state index contributed by atoms with van der Waals surface area (Å²) < 4.78 is 0. The molecule has 1 aromatic carbocycles. The monoisotopic (exact) mass is 301 g/mol. The molecule has 0 aliphatic heterocycles. The Morgan fingerprint density at radius 1 is 1.29 bits per heavy atom. The lowest BCUT2D eigenvalue weighted by atomic mass is 10.1. The maximum absolute atomic E-state index is 12.3. The van der Waals surface area contributed by atoms with Crippen molar-refractivity contribution in [2.75, 3.05) is 12.4 Å². The summed E-state index contributed by atoms with van der Waals surface area (Å²) in [5.74, 6) is 0.888. The van der Waals surface area contributed by atoms with Crippen molar-refractivity contribution in [3.8, 4) is 0 Å². The predicted molar refractivity (Wildman–Crippen MR) is 83.8 cm³/mol. The second kappa shape index (κ2) is 5.74. The quantitative estimate of drug-likeness (QED) is 0.853. The minimum absolute atomic E-state index is 0.112. The summed E-state index contributed by atoms with van der Waals surface area (Å²) in [6.45, 7) is 0. The molecule has 0 bridgehead atoms. The molecule has 0 saturated heterocycles. The van der Waals surface area contributed by atoms with Gasteiger partial charge in [-0.3, -0.25) is 4.79 Å². The van der Waals surface area contributed by atoms with Crippen LogP contribution in [0, 0.1) is 0 Å². The molecule has 1 amide bonds. The summed E-state index contributed by atoms with van der Waals surface area (Å²) in [6.07, 6.45) is 0.980. The molecule has 2 aromatic rings. The van der Waals surface area contributed by atoms with Gasteiger partial charge in [0.1, 0.15) is 11.0 Å². The van der Waals surface area contributed by atoms with E-state index in [4.69, 9.17) is 11.6 Å². The first-order valence-corrected chi connectivity index (χ1v) is 7.26. The molecular weight excluding hydrogens is 286 g/mol. The second-order valence-corrected chi connectivity index (χ2v) is 5.53. The summed E-state index contributed by atoms with van der Waals surface area (Å²) in [6, 6.07) is 13.7. The van der Waals surface area contributed by atoms with Crippen LogP contribution in [-0.4, -0.2) is 24.0 Å². The molecule has 1 aliphatic rings. The van der Waals surface area contributed by atoms with Gasteiger partial charge in [0.05, 0.1) is 0 Å². The van der Waals surface area contributed by atoms with E-state index in [1.54, 1.807) is 19.2 Å². The van der Waals surface area contributed by atoms with Crippen molar-refractivity contribution in [3.63, 3.8) is 0 Å². The third-order valence-electron chi connectivity index (χ3n) is 3.65. The van der Waals surface area contributed by atoms with Gasteiger partial charge in [-0.2, -0.15) is 0 Å². The second-order valence-electron chi connectivity index (χ2n) is 5.15. The highest BCUT2D eigenvalue weighted by Gasteiger charge is 2.39. The van der Waals surface area contributed by atoms with Crippen LogP contribution in [0.15, 0.2) is 42.5 Å². The van der Waals surface area contributed by atoms with E-state index in [0.29, 0.717) is 22.5 Å². The Hall–Kier alpha value is -2.07. The van der Waals surface area contributed by atoms with E-state index in [1.807, 2.05) is 18.2 Å². The van der Waals surface area contributed by atoms with Gasteiger partial charge >= 0.3 is 0 Å². The molecule has 21 heavy (non-hydrogen) atoms. The minimum Gasteiger partial charge on any atom is -0.373 e. The molecule has 1 aromatic heterocycles. The molecule has 108 valence electrons. The van der Waals surface area contributed by atoms with Gasteiger partial charge in [-0.25, -0.2) is 4.98 Å².